The highest BCUT2D eigenvalue weighted by Gasteiger charge is 2.13. The number of hydrogen-bond donors (Lipinski definition) is 3. The predicted molar refractivity (Wildman–Crippen MR) is 66.4 cm³/mol. The molecule has 0 aliphatic carbocycles. The minimum Gasteiger partial charge on any atom is -0.481 e. The maximum absolute atomic E-state index is 11.8. The molecule has 2 heterocycles. The summed E-state index contributed by atoms with van der Waals surface area (Å²) in [7, 11) is 0. The number of aromatic nitrogens is 4. The van der Waals surface area contributed by atoms with Gasteiger partial charge in [0.2, 0.25) is 0 Å². The highest BCUT2D eigenvalue weighted by molar-refractivity contribution is 5.72. The van der Waals surface area contributed by atoms with Crippen molar-refractivity contribution in [3.05, 3.63) is 34.0 Å². The number of aromatic amines is 1. The Kier molecular flexibility index (Phi) is 3.23. The van der Waals surface area contributed by atoms with Crippen LogP contribution in [0.25, 0.3) is 11.5 Å². The van der Waals surface area contributed by atoms with Crippen LogP contribution >= 0.6 is 0 Å². The summed E-state index contributed by atoms with van der Waals surface area (Å²) < 4.78 is 0. The molecule has 0 atom stereocenters. The minimum atomic E-state index is -1.15. The number of nitrogen functional groups attached to an aromatic ring is 1. The number of carbonyl (C=O) groups is 1. The van der Waals surface area contributed by atoms with Crippen molar-refractivity contribution in [2.75, 3.05) is 5.73 Å². The molecule has 8 nitrogen and oxygen atoms in total. The number of hydrogen-bond acceptors (Lipinski definition) is 6. The molecular formula is C11H11N5O3. The van der Waals surface area contributed by atoms with Gasteiger partial charge in [-0.25, -0.2) is 15.0 Å². The summed E-state index contributed by atoms with van der Waals surface area (Å²) in [6.45, 7) is 1.70. The second kappa shape index (κ2) is 4.84. The van der Waals surface area contributed by atoms with Crippen LogP contribution in [0.4, 0.5) is 5.82 Å². The molecule has 4 N–H and O–H groups in total. The smallest absolute Gasteiger partial charge is 0.308 e. The van der Waals surface area contributed by atoms with E-state index in [0.717, 1.165) is 0 Å². The van der Waals surface area contributed by atoms with Gasteiger partial charge in [0.15, 0.2) is 5.82 Å². The van der Waals surface area contributed by atoms with Gasteiger partial charge in [-0.15, -0.1) is 0 Å². The Labute approximate surface area is 107 Å². The van der Waals surface area contributed by atoms with E-state index in [4.69, 9.17) is 10.8 Å². The fourth-order valence-corrected chi connectivity index (χ4v) is 1.55. The van der Waals surface area contributed by atoms with Crippen LogP contribution in [0.15, 0.2) is 17.1 Å². The lowest BCUT2D eigenvalue weighted by Gasteiger charge is -2.05. The number of nitrogens with one attached hydrogen (secondary N) is 1. The molecule has 0 aliphatic rings. The van der Waals surface area contributed by atoms with Crippen molar-refractivity contribution in [2.24, 2.45) is 0 Å². The molecule has 0 saturated carbocycles. The molecular weight excluding hydrogens is 250 g/mol. The first-order valence-electron chi connectivity index (χ1n) is 5.38. The van der Waals surface area contributed by atoms with Crippen molar-refractivity contribution in [3.63, 3.8) is 0 Å². The van der Waals surface area contributed by atoms with Crippen LogP contribution in [0.1, 0.15) is 11.4 Å². The molecule has 19 heavy (non-hydrogen) atoms. The van der Waals surface area contributed by atoms with E-state index in [0.29, 0.717) is 11.5 Å². The molecule has 0 bridgehead atoms. The zero-order valence-electron chi connectivity index (χ0n) is 10.0. The molecule has 0 unspecified atom stereocenters. The summed E-state index contributed by atoms with van der Waals surface area (Å²) in [6, 6.07) is 1.57. The Morgan fingerprint density at radius 1 is 1.47 bits per heavy atom. The van der Waals surface area contributed by atoms with Crippen LogP contribution in [0.5, 0.6) is 0 Å². The van der Waals surface area contributed by atoms with Gasteiger partial charge in [0.05, 0.1) is 12.0 Å². The first-order chi connectivity index (χ1) is 8.97. The number of anilines is 1. The normalized spacial score (nSPS) is 10.4. The summed E-state index contributed by atoms with van der Waals surface area (Å²) in [6.07, 6.45) is 1.05. The Morgan fingerprint density at radius 2 is 2.21 bits per heavy atom. The monoisotopic (exact) mass is 261 g/mol. The number of nitrogens with two attached hydrogens (primary N) is 1. The zero-order chi connectivity index (χ0) is 14.0. The number of carboxylic acid groups (broad SMARTS) is 1. The SMILES string of the molecule is Cc1nccc(-c2nc(N)c(CC(=O)O)c(=O)[nH]2)n1. The van der Waals surface area contributed by atoms with Crippen molar-refractivity contribution in [1.29, 1.82) is 0 Å². The van der Waals surface area contributed by atoms with Crippen LogP contribution in [0.3, 0.4) is 0 Å². The molecule has 2 aromatic rings. The van der Waals surface area contributed by atoms with Gasteiger partial charge < -0.3 is 15.8 Å². The van der Waals surface area contributed by atoms with E-state index < -0.39 is 17.9 Å². The number of aryl methyl sites for hydroxylation is 1. The van der Waals surface area contributed by atoms with Crippen LogP contribution in [0, 0.1) is 6.92 Å². The van der Waals surface area contributed by atoms with Gasteiger partial charge in [-0.05, 0) is 13.0 Å². The fraction of sp³-hybridized carbons (Fsp3) is 0.182. The lowest BCUT2D eigenvalue weighted by molar-refractivity contribution is -0.136. The van der Waals surface area contributed by atoms with Crippen molar-refractivity contribution >= 4 is 11.8 Å². The molecule has 0 saturated heterocycles. The molecule has 0 radical (unpaired) electrons. The third-order valence-corrected chi connectivity index (χ3v) is 2.39. The lowest BCUT2D eigenvalue weighted by Crippen LogP contribution is -2.21. The van der Waals surface area contributed by atoms with Crippen LogP contribution in [0.2, 0.25) is 0 Å². The average molecular weight is 261 g/mol. The molecule has 2 aromatic heterocycles. The highest BCUT2D eigenvalue weighted by atomic mass is 16.4. The fourth-order valence-electron chi connectivity index (χ4n) is 1.55. The second-order valence-electron chi connectivity index (χ2n) is 3.84. The molecule has 0 aromatic carbocycles. The number of carboxylic acids is 1. The third-order valence-electron chi connectivity index (χ3n) is 2.39. The quantitative estimate of drug-likeness (QED) is 0.692. The Hall–Kier alpha value is -2.77. The lowest BCUT2D eigenvalue weighted by atomic mass is 10.2. The topological polar surface area (TPSA) is 135 Å². The number of rotatable bonds is 3. The largest absolute Gasteiger partial charge is 0.481 e. The molecule has 8 heteroatoms. The van der Waals surface area contributed by atoms with Gasteiger partial charge in [-0.3, -0.25) is 9.59 Å². The number of nitrogens with zero attached hydrogens (tertiary/aromatic N) is 3. The van der Waals surface area contributed by atoms with E-state index in [-0.39, 0.29) is 17.2 Å². The van der Waals surface area contributed by atoms with Crippen LogP contribution in [-0.2, 0) is 11.2 Å². The standard InChI is InChI=1S/C11H11N5O3/c1-5-13-3-2-7(14-5)10-15-9(12)6(4-8(17)18)11(19)16-10/h2-3H,4H2,1H3,(H,17,18)(H3,12,15,16,19). The first kappa shape index (κ1) is 12.7. The van der Waals surface area contributed by atoms with Crippen molar-refractivity contribution in [1.82, 2.24) is 19.9 Å². The average Bonchev–Trinajstić information content (AvgIpc) is 2.33. The predicted octanol–water partition coefficient (Wildman–Crippen LogP) is -0.255. The number of H-pyrrole nitrogens is 1. The van der Waals surface area contributed by atoms with Gasteiger partial charge in [-0.2, -0.15) is 0 Å². The highest BCUT2D eigenvalue weighted by Crippen LogP contribution is 2.13. The first-order valence-corrected chi connectivity index (χ1v) is 5.38. The summed E-state index contributed by atoms with van der Waals surface area (Å²) in [5.74, 6) is -0.558. The summed E-state index contributed by atoms with van der Waals surface area (Å²) >= 11 is 0. The van der Waals surface area contributed by atoms with E-state index in [1.807, 2.05) is 0 Å². The van der Waals surface area contributed by atoms with Crippen molar-refractivity contribution in [3.8, 4) is 11.5 Å². The minimum absolute atomic E-state index is 0.0676. The van der Waals surface area contributed by atoms with E-state index >= 15 is 0 Å². The molecule has 0 aliphatic heterocycles. The maximum Gasteiger partial charge on any atom is 0.308 e. The Morgan fingerprint density at radius 3 is 2.79 bits per heavy atom. The van der Waals surface area contributed by atoms with E-state index in [1.54, 1.807) is 13.0 Å². The second-order valence-corrected chi connectivity index (χ2v) is 3.84. The van der Waals surface area contributed by atoms with Gasteiger partial charge in [0.1, 0.15) is 17.3 Å². The Balaban J connectivity index is 2.51. The molecule has 0 spiro atoms. The van der Waals surface area contributed by atoms with Gasteiger partial charge in [-0.1, -0.05) is 0 Å². The molecule has 2 rings (SSSR count). The van der Waals surface area contributed by atoms with E-state index in [1.165, 1.54) is 6.20 Å². The Bertz CT molecular complexity index is 695. The van der Waals surface area contributed by atoms with E-state index in [9.17, 15) is 9.59 Å². The summed E-state index contributed by atoms with van der Waals surface area (Å²) in [5, 5.41) is 8.68. The third kappa shape index (κ3) is 2.73. The van der Waals surface area contributed by atoms with Gasteiger partial charge in [0.25, 0.3) is 5.56 Å². The summed E-state index contributed by atoms with van der Waals surface area (Å²) in [4.78, 5) is 36.8. The number of aliphatic carboxylic acids is 1. The van der Waals surface area contributed by atoms with Crippen molar-refractivity contribution < 1.29 is 9.90 Å². The van der Waals surface area contributed by atoms with Gasteiger partial charge in [0, 0.05) is 6.20 Å². The van der Waals surface area contributed by atoms with Crippen LogP contribution in [-0.4, -0.2) is 31.0 Å². The van der Waals surface area contributed by atoms with Gasteiger partial charge >= 0.3 is 5.97 Å². The molecule has 0 amide bonds. The van der Waals surface area contributed by atoms with Crippen molar-refractivity contribution in [2.45, 2.75) is 13.3 Å². The molecule has 98 valence electrons. The molecule has 0 fully saturated rings. The zero-order valence-corrected chi connectivity index (χ0v) is 10.0. The van der Waals surface area contributed by atoms with Crippen LogP contribution < -0.4 is 11.3 Å². The maximum atomic E-state index is 11.8. The van der Waals surface area contributed by atoms with E-state index in [2.05, 4.69) is 19.9 Å². The summed E-state index contributed by atoms with van der Waals surface area (Å²) in [5.41, 5.74) is 5.37.